The lowest BCUT2D eigenvalue weighted by Gasteiger charge is -2.37. The fraction of sp³-hybridized carbons (Fsp3) is 0.216. The fourth-order valence-electron chi connectivity index (χ4n) is 7.36. The highest BCUT2D eigenvalue weighted by molar-refractivity contribution is 9.10. The van der Waals surface area contributed by atoms with Crippen LogP contribution in [0.3, 0.4) is 0 Å². The molecule has 6 heteroatoms. The van der Waals surface area contributed by atoms with Gasteiger partial charge in [-0.2, -0.15) is 0 Å². The molecule has 0 bridgehead atoms. The summed E-state index contributed by atoms with van der Waals surface area (Å²) in [7, 11) is 0. The van der Waals surface area contributed by atoms with Gasteiger partial charge in [-0.25, -0.2) is 0 Å². The maximum absolute atomic E-state index is 15.0. The number of ketones is 2. The minimum atomic E-state index is -1.32. The normalized spacial score (nSPS) is 23.2. The van der Waals surface area contributed by atoms with E-state index >= 15 is 0 Å². The molecule has 7 rings (SSSR count). The minimum Gasteiger partial charge on any atom is -0.352 e. The Hall–Kier alpha value is -4.29. The number of anilines is 2. The summed E-state index contributed by atoms with van der Waals surface area (Å²) in [5.74, 6) is -1.16. The van der Waals surface area contributed by atoms with Crippen molar-refractivity contribution in [3.05, 3.63) is 135 Å². The van der Waals surface area contributed by atoms with Gasteiger partial charge in [-0.3, -0.25) is 14.4 Å². The molecule has 1 saturated heterocycles. The molecule has 3 aliphatic rings. The molecular weight excluding hydrogens is 600 g/mol. The number of nitrogens with zero attached hydrogens (tertiary/aromatic N) is 1. The van der Waals surface area contributed by atoms with E-state index in [1.165, 1.54) is 0 Å². The summed E-state index contributed by atoms with van der Waals surface area (Å²) in [4.78, 5) is 46.2. The average molecular weight is 632 g/mol. The van der Waals surface area contributed by atoms with Gasteiger partial charge < -0.3 is 10.2 Å². The summed E-state index contributed by atoms with van der Waals surface area (Å²) < 4.78 is 0.856. The van der Waals surface area contributed by atoms with E-state index < -0.39 is 23.4 Å². The predicted molar refractivity (Wildman–Crippen MR) is 174 cm³/mol. The van der Waals surface area contributed by atoms with Crippen molar-refractivity contribution in [2.75, 3.05) is 10.2 Å². The monoisotopic (exact) mass is 630 g/mol. The van der Waals surface area contributed by atoms with E-state index in [9.17, 15) is 14.4 Å². The van der Waals surface area contributed by atoms with Crippen molar-refractivity contribution in [2.45, 2.75) is 37.8 Å². The van der Waals surface area contributed by atoms with E-state index in [0.29, 0.717) is 22.7 Å². The smallest absolute Gasteiger partial charge is 0.238 e. The van der Waals surface area contributed by atoms with Crippen LogP contribution in [-0.2, 0) is 16.6 Å². The van der Waals surface area contributed by atoms with E-state index in [4.69, 9.17) is 0 Å². The number of carbonyl (C=O) groups excluding carboxylic acids is 3. The molecule has 0 saturated carbocycles. The number of Topliss-reactive ketones (excluding diaryl/α,β-unsaturated/α-hetero) is 2. The first-order chi connectivity index (χ1) is 20.8. The van der Waals surface area contributed by atoms with Crippen molar-refractivity contribution in [2.24, 2.45) is 11.8 Å². The van der Waals surface area contributed by atoms with Crippen LogP contribution in [0.5, 0.6) is 0 Å². The van der Waals surface area contributed by atoms with Crippen LogP contribution in [0.15, 0.2) is 108 Å². The van der Waals surface area contributed by atoms with Gasteiger partial charge in [-0.05, 0) is 53.3 Å². The second kappa shape index (κ2) is 10.5. The maximum Gasteiger partial charge on any atom is 0.238 e. The van der Waals surface area contributed by atoms with Gasteiger partial charge in [0.25, 0.3) is 0 Å². The third-order valence-electron chi connectivity index (χ3n) is 9.10. The highest BCUT2D eigenvalue weighted by Crippen LogP contribution is 2.58. The Morgan fingerprint density at radius 3 is 2.26 bits per heavy atom. The first kappa shape index (κ1) is 27.5. The van der Waals surface area contributed by atoms with Gasteiger partial charge in [0.2, 0.25) is 5.91 Å². The number of nitrogens with one attached hydrogen (secondary N) is 1. The molecule has 0 unspecified atom stereocenters. The number of fused-ring (bicyclic) bond motifs is 6. The van der Waals surface area contributed by atoms with Crippen LogP contribution in [0, 0.1) is 11.8 Å². The lowest BCUT2D eigenvalue weighted by atomic mass is 9.64. The summed E-state index contributed by atoms with van der Waals surface area (Å²) in [6, 6.07) is 28.9. The highest BCUT2D eigenvalue weighted by Gasteiger charge is 2.70. The number of halogens is 1. The summed E-state index contributed by atoms with van der Waals surface area (Å²) in [6.07, 6.45) is 4.92. The molecule has 0 aliphatic carbocycles. The lowest BCUT2D eigenvalue weighted by Crippen LogP contribution is -2.51. The zero-order valence-electron chi connectivity index (χ0n) is 24.0. The minimum absolute atomic E-state index is 0.188. The molecule has 214 valence electrons. The molecule has 1 amide bonds. The summed E-state index contributed by atoms with van der Waals surface area (Å²) >= 11 is 3.48. The van der Waals surface area contributed by atoms with Crippen LogP contribution >= 0.6 is 15.9 Å². The lowest BCUT2D eigenvalue weighted by molar-refractivity contribution is -0.121. The average Bonchev–Trinajstić information content (AvgIpc) is 3.49. The van der Waals surface area contributed by atoms with E-state index in [1.54, 1.807) is 12.1 Å². The number of benzene rings is 4. The standard InChI is InChI=1S/C37H31BrN2O3/c1-22(2)21-23-11-13-25(14-12-23)34(41)32-33(35(42)26-15-18-27(38)19-16-26)40-30-10-6-3-7-24(30)17-20-31(40)37(32)28-8-4-5-9-29(28)39-36(37)43/h3-20,22,31-33H,21H2,1-2H3,(H,39,43)/t31-,32+,33-,37-/m1/s1. The predicted octanol–water partition coefficient (Wildman–Crippen LogP) is 7.50. The highest BCUT2D eigenvalue weighted by atomic mass is 79.9. The Morgan fingerprint density at radius 1 is 0.860 bits per heavy atom. The van der Waals surface area contributed by atoms with E-state index in [-0.39, 0.29) is 17.5 Å². The molecular formula is C37H31BrN2O3. The Kier molecular flexibility index (Phi) is 6.70. The summed E-state index contributed by atoms with van der Waals surface area (Å²) in [5, 5.41) is 3.09. The summed E-state index contributed by atoms with van der Waals surface area (Å²) in [6.45, 7) is 4.33. The Morgan fingerprint density at radius 2 is 1.51 bits per heavy atom. The number of hydrogen-bond donors (Lipinski definition) is 1. The van der Waals surface area contributed by atoms with Crippen molar-refractivity contribution in [3.8, 4) is 0 Å². The van der Waals surface area contributed by atoms with Gasteiger partial charge in [-0.1, -0.05) is 115 Å². The van der Waals surface area contributed by atoms with Crippen molar-refractivity contribution >= 4 is 50.9 Å². The molecule has 43 heavy (non-hydrogen) atoms. The van der Waals surface area contributed by atoms with Gasteiger partial charge in [0, 0.05) is 27.0 Å². The van der Waals surface area contributed by atoms with E-state index in [0.717, 1.165) is 33.3 Å². The summed E-state index contributed by atoms with van der Waals surface area (Å²) in [5.41, 5.74) is 4.04. The topological polar surface area (TPSA) is 66.5 Å². The Balaban J connectivity index is 1.48. The Labute approximate surface area is 259 Å². The third kappa shape index (κ3) is 4.22. The molecule has 0 aromatic heterocycles. The van der Waals surface area contributed by atoms with Crippen LogP contribution in [0.4, 0.5) is 11.4 Å². The number of carbonyl (C=O) groups is 3. The maximum atomic E-state index is 15.0. The molecule has 4 aromatic rings. The van der Waals surface area contributed by atoms with Gasteiger partial charge in [0.1, 0.15) is 11.5 Å². The van der Waals surface area contributed by atoms with Crippen molar-refractivity contribution in [1.29, 1.82) is 0 Å². The number of hydrogen-bond acceptors (Lipinski definition) is 4. The van der Waals surface area contributed by atoms with Crippen LogP contribution in [-0.4, -0.2) is 29.6 Å². The first-order valence-corrected chi connectivity index (χ1v) is 15.5. The zero-order valence-corrected chi connectivity index (χ0v) is 25.5. The molecule has 0 radical (unpaired) electrons. The molecule has 4 atom stereocenters. The second-order valence-corrected chi connectivity index (χ2v) is 13.0. The largest absolute Gasteiger partial charge is 0.352 e. The Bertz CT molecular complexity index is 1790. The molecule has 5 nitrogen and oxygen atoms in total. The second-order valence-electron chi connectivity index (χ2n) is 12.1. The van der Waals surface area contributed by atoms with Gasteiger partial charge in [0.05, 0.1) is 12.0 Å². The van der Waals surface area contributed by atoms with E-state index in [1.807, 2.05) is 102 Å². The van der Waals surface area contributed by atoms with Crippen molar-refractivity contribution in [3.63, 3.8) is 0 Å². The van der Waals surface area contributed by atoms with Gasteiger partial charge in [-0.15, -0.1) is 0 Å². The molecule has 1 spiro atoms. The SMILES string of the molecule is CC(C)Cc1ccc(C(=O)[C@@H]2[C@H](C(=O)c3ccc(Br)cc3)N3c4ccccc4C=C[C@@H]3[C@@]23C(=O)Nc2ccccc23)cc1. The quantitative estimate of drug-likeness (QED) is 0.224. The fourth-order valence-corrected chi connectivity index (χ4v) is 7.63. The molecule has 3 heterocycles. The van der Waals surface area contributed by atoms with Crippen molar-refractivity contribution in [1.82, 2.24) is 0 Å². The number of rotatable bonds is 6. The zero-order chi connectivity index (χ0) is 29.9. The number of amides is 1. The molecule has 1 fully saturated rings. The molecule has 3 aliphatic heterocycles. The van der Waals surface area contributed by atoms with E-state index in [2.05, 4.69) is 35.1 Å². The van der Waals surface area contributed by atoms with Crippen molar-refractivity contribution < 1.29 is 14.4 Å². The van der Waals surface area contributed by atoms with Crippen LogP contribution < -0.4 is 10.2 Å². The number of para-hydroxylation sites is 2. The molecule has 4 aromatic carbocycles. The van der Waals surface area contributed by atoms with Crippen LogP contribution in [0.25, 0.3) is 6.08 Å². The van der Waals surface area contributed by atoms with Gasteiger partial charge >= 0.3 is 0 Å². The molecule has 1 N–H and O–H groups in total. The first-order valence-electron chi connectivity index (χ1n) is 14.7. The van der Waals surface area contributed by atoms with Crippen LogP contribution in [0.2, 0.25) is 0 Å². The van der Waals surface area contributed by atoms with Gasteiger partial charge in [0.15, 0.2) is 11.6 Å². The third-order valence-corrected chi connectivity index (χ3v) is 9.63. The van der Waals surface area contributed by atoms with Crippen LogP contribution in [0.1, 0.15) is 51.3 Å².